The molecule has 0 bridgehead atoms. The maximum Gasteiger partial charge on any atom is 0.387 e. The molecule has 0 spiro atoms. The third-order valence-electron chi connectivity index (χ3n) is 3.91. The number of carbonyl (C=O) groups is 1. The molecule has 8 heteroatoms. The molecule has 0 fully saturated rings. The number of halogens is 2. The smallest absolute Gasteiger partial charge is 0.387 e. The average Bonchev–Trinajstić information content (AvgIpc) is 3.10. The molecule has 0 saturated carbocycles. The second kappa shape index (κ2) is 8.11. The van der Waals surface area contributed by atoms with Gasteiger partial charge in [-0.1, -0.05) is 6.07 Å². The number of rotatable bonds is 7. The monoisotopic (exact) mass is 379 g/mol. The Morgan fingerprint density at radius 3 is 2.67 bits per heavy atom. The lowest BCUT2D eigenvalue weighted by Crippen LogP contribution is -2.26. The second-order valence-electron chi connectivity index (χ2n) is 5.82. The molecule has 1 amide bonds. The highest BCUT2D eigenvalue weighted by Gasteiger charge is 2.19. The Morgan fingerprint density at radius 1 is 1.15 bits per heavy atom. The van der Waals surface area contributed by atoms with Gasteiger partial charge in [0.1, 0.15) is 0 Å². The van der Waals surface area contributed by atoms with Crippen LogP contribution < -0.4 is 18.9 Å². The van der Waals surface area contributed by atoms with Gasteiger partial charge < -0.3 is 23.8 Å². The average molecular weight is 379 g/mol. The molecular weight excluding hydrogens is 360 g/mol. The third kappa shape index (κ3) is 4.39. The van der Waals surface area contributed by atoms with E-state index in [1.54, 1.807) is 44.3 Å². The summed E-state index contributed by atoms with van der Waals surface area (Å²) in [7, 11) is 1.65. The number of amides is 1. The molecule has 2 aromatic rings. The first-order chi connectivity index (χ1) is 13.0. The topological polar surface area (TPSA) is 57.2 Å². The first-order valence-electron chi connectivity index (χ1n) is 8.33. The molecule has 144 valence electrons. The molecule has 0 unspecified atom stereocenters. The maximum atomic E-state index is 12.6. The zero-order valence-electron chi connectivity index (χ0n) is 14.9. The van der Waals surface area contributed by atoms with E-state index in [1.807, 2.05) is 0 Å². The predicted octanol–water partition coefficient (Wildman–Crippen LogP) is 3.69. The number of hydrogen-bond acceptors (Lipinski definition) is 5. The molecule has 0 N–H and O–H groups in total. The fourth-order valence-corrected chi connectivity index (χ4v) is 2.71. The van der Waals surface area contributed by atoms with Crippen molar-refractivity contribution in [3.63, 3.8) is 0 Å². The van der Waals surface area contributed by atoms with E-state index >= 15 is 0 Å². The van der Waals surface area contributed by atoms with E-state index < -0.39 is 6.61 Å². The van der Waals surface area contributed by atoms with E-state index in [0.29, 0.717) is 23.7 Å². The minimum Gasteiger partial charge on any atom is -0.490 e. The zero-order chi connectivity index (χ0) is 19.4. The second-order valence-corrected chi connectivity index (χ2v) is 5.82. The van der Waals surface area contributed by atoms with Crippen LogP contribution in [0.3, 0.4) is 0 Å². The number of alkyl halides is 2. The normalized spacial score (nSPS) is 12.2. The van der Waals surface area contributed by atoms with Gasteiger partial charge in [-0.05, 0) is 42.8 Å². The van der Waals surface area contributed by atoms with Crippen molar-refractivity contribution in [2.75, 3.05) is 20.4 Å². The van der Waals surface area contributed by atoms with E-state index in [4.69, 9.17) is 14.2 Å². The van der Waals surface area contributed by atoms with Crippen LogP contribution in [-0.4, -0.2) is 37.9 Å². The maximum absolute atomic E-state index is 12.6. The summed E-state index contributed by atoms with van der Waals surface area (Å²) in [5.74, 6) is 1.09. The molecule has 0 aliphatic carbocycles. The van der Waals surface area contributed by atoms with Crippen molar-refractivity contribution < 1.29 is 32.5 Å². The highest BCUT2D eigenvalue weighted by Crippen LogP contribution is 2.33. The Morgan fingerprint density at radius 2 is 1.93 bits per heavy atom. The van der Waals surface area contributed by atoms with Crippen LogP contribution in [-0.2, 0) is 6.54 Å². The lowest BCUT2D eigenvalue weighted by atomic mass is 10.1. The van der Waals surface area contributed by atoms with Crippen molar-refractivity contribution in [3.05, 3.63) is 47.5 Å². The van der Waals surface area contributed by atoms with Crippen LogP contribution in [0.15, 0.2) is 36.4 Å². The molecule has 0 saturated heterocycles. The van der Waals surface area contributed by atoms with Gasteiger partial charge in [-0.25, -0.2) is 0 Å². The SMILES string of the molecule is CCOc1cc(CN(C)C(=O)c2ccc3c(c2)OCO3)ccc1OC(F)F. The summed E-state index contributed by atoms with van der Waals surface area (Å²) in [5.41, 5.74) is 1.18. The zero-order valence-corrected chi connectivity index (χ0v) is 14.9. The van der Waals surface area contributed by atoms with Crippen LogP contribution in [0.25, 0.3) is 0 Å². The Hall–Kier alpha value is -3.03. The Kier molecular flexibility index (Phi) is 5.63. The van der Waals surface area contributed by atoms with Gasteiger partial charge in [0.25, 0.3) is 5.91 Å². The van der Waals surface area contributed by atoms with Gasteiger partial charge in [0.15, 0.2) is 23.0 Å². The van der Waals surface area contributed by atoms with E-state index in [2.05, 4.69) is 4.74 Å². The van der Waals surface area contributed by atoms with Crippen LogP contribution in [0.2, 0.25) is 0 Å². The van der Waals surface area contributed by atoms with Crippen molar-refractivity contribution in [2.45, 2.75) is 20.1 Å². The van der Waals surface area contributed by atoms with Gasteiger partial charge >= 0.3 is 6.61 Å². The van der Waals surface area contributed by atoms with Crippen molar-refractivity contribution in [1.29, 1.82) is 0 Å². The van der Waals surface area contributed by atoms with E-state index in [0.717, 1.165) is 5.56 Å². The standard InChI is InChI=1S/C19H19F2NO5/c1-3-24-16-8-12(4-6-15(16)27-19(20)21)10-22(2)18(23)13-5-7-14-17(9-13)26-11-25-14/h4-9,19H,3,10-11H2,1-2H3. The van der Waals surface area contributed by atoms with Gasteiger partial charge in [0.2, 0.25) is 6.79 Å². The molecule has 1 heterocycles. The number of hydrogen-bond donors (Lipinski definition) is 0. The minimum atomic E-state index is -2.94. The number of nitrogens with zero attached hydrogens (tertiary/aromatic N) is 1. The number of ether oxygens (including phenoxy) is 4. The predicted molar refractivity (Wildman–Crippen MR) is 92.6 cm³/mol. The van der Waals surface area contributed by atoms with Crippen LogP contribution in [0.1, 0.15) is 22.8 Å². The quantitative estimate of drug-likeness (QED) is 0.734. The van der Waals surface area contributed by atoms with Gasteiger partial charge in [0.05, 0.1) is 6.61 Å². The number of benzene rings is 2. The Balaban J connectivity index is 1.73. The third-order valence-corrected chi connectivity index (χ3v) is 3.91. The number of fused-ring (bicyclic) bond motifs is 1. The molecule has 27 heavy (non-hydrogen) atoms. The van der Waals surface area contributed by atoms with Crippen LogP contribution in [0.5, 0.6) is 23.0 Å². The molecule has 0 aromatic heterocycles. The highest BCUT2D eigenvalue weighted by atomic mass is 19.3. The number of carbonyl (C=O) groups excluding carboxylic acids is 1. The van der Waals surface area contributed by atoms with Crippen LogP contribution in [0.4, 0.5) is 8.78 Å². The Labute approximate surface area is 155 Å². The van der Waals surface area contributed by atoms with Crippen LogP contribution >= 0.6 is 0 Å². The van der Waals surface area contributed by atoms with Gasteiger partial charge in [-0.2, -0.15) is 8.78 Å². The first-order valence-corrected chi connectivity index (χ1v) is 8.33. The molecule has 0 atom stereocenters. The molecule has 1 aliphatic heterocycles. The first kappa shape index (κ1) is 18.8. The lowest BCUT2D eigenvalue weighted by molar-refractivity contribution is -0.0514. The van der Waals surface area contributed by atoms with Crippen molar-refractivity contribution in [2.24, 2.45) is 0 Å². The molecule has 3 rings (SSSR count). The fourth-order valence-electron chi connectivity index (χ4n) is 2.71. The van der Waals surface area contributed by atoms with Crippen LogP contribution in [0, 0.1) is 0 Å². The molecule has 0 radical (unpaired) electrons. The van der Waals surface area contributed by atoms with Crippen molar-refractivity contribution in [1.82, 2.24) is 4.90 Å². The fraction of sp³-hybridized carbons (Fsp3) is 0.316. The van der Waals surface area contributed by atoms with Gasteiger partial charge in [0, 0.05) is 19.2 Å². The molecular formula is C19H19F2NO5. The molecule has 1 aliphatic rings. The highest BCUT2D eigenvalue weighted by molar-refractivity contribution is 5.94. The van der Waals surface area contributed by atoms with Crippen molar-refractivity contribution >= 4 is 5.91 Å². The van der Waals surface area contributed by atoms with Gasteiger partial charge in [-0.3, -0.25) is 4.79 Å². The summed E-state index contributed by atoms with van der Waals surface area (Å²) in [6.07, 6.45) is 0. The molecule has 6 nitrogen and oxygen atoms in total. The molecule has 2 aromatic carbocycles. The van der Waals surface area contributed by atoms with E-state index in [-0.39, 0.29) is 30.7 Å². The summed E-state index contributed by atoms with van der Waals surface area (Å²) in [5, 5.41) is 0. The van der Waals surface area contributed by atoms with Gasteiger partial charge in [-0.15, -0.1) is 0 Å². The Bertz CT molecular complexity index is 828. The van der Waals surface area contributed by atoms with Crippen molar-refractivity contribution in [3.8, 4) is 23.0 Å². The van der Waals surface area contributed by atoms with E-state index in [9.17, 15) is 13.6 Å². The largest absolute Gasteiger partial charge is 0.490 e. The summed E-state index contributed by atoms with van der Waals surface area (Å²) in [6.45, 7) is -0.494. The summed E-state index contributed by atoms with van der Waals surface area (Å²) >= 11 is 0. The minimum absolute atomic E-state index is 0.0413. The summed E-state index contributed by atoms with van der Waals surface area (Å²) in [4.78, 5) is 14.2. The van der Waals surface area contributed by atoms with E-state index in [1.165, 1.54) is 11.0 Å². The summed E-state index contributed by atoms with van der Waals surface area (Å²) < 4.78 is 45.3. The lowest BCUT2D eigenvalue weighted by Gasteiger charge is -2.19. The summed E-state index contributed by atoms with van der Waals surface area (Å²) in [6, 6.07) is 9.59.